The van der Waals surface area contributed by atoms with Gasteiger partial charge in [0.05, 0.1) is 0 Å². The Bertz CT molecular complexity index is 363. The highest BCUT2D eigenvalue weighted by atomic mass is 16.6. The summed E-state index contributed by atoms with van der Waals surface area (Å²) in [6, 6.07) is 0.550. The van der Waals surface area contributed by atoms with Crippen LogP contribution in [0.5, 0.6) is 0 Å². The molecule has 2 unspecified atom stereocenters. The maximum atomic E-state index is 12.3. The van der Waals surface area contributed by atoms with Gasteiger partial charge in [-0.15, -0.1) is 0 Å². The molecule has 4 nitrogen and oxygen atoms in total. The van der Waals surface area contributed by atoms with E-state index < -0.39 is 5.60 Å². The summed E-state index contributed by atoms with van der Waals surface area (Å²) < 4.78 is 5.52. The molecular formula is C18H36N2O2. The molecule has 1 aliphatic heterocycles. The van der Waals surface area contributed by atoms with Crippen LogP contribution in [-0.4, -0.2) is 42.3 Å². The molecule has 1 heterocycles. The fourth-order valence-corrected chi connectivity index (χ4v) is 3.17. The van der Waals surface area contributed by atoms with Crippen LogP contribution in [0.2, 0.25) is 0 Å². The Kier molecular flexibility index (Phi) is 6.72. The fraction of sp³-hybridized carbons (Fsp3) is 0.944. The van der Waals surface area contributed by atoms with Crippen LogP contribution < -0.4 is 5.32 Å². The first kappa shape index (κ1) is 19.3. The van der Waals surface area contributed by atoms with E-state index in [0.29, 0.717) is 12.0 Å². The molecule has 1 amide bonds. The van der Waals surface area contributed by atoms with E-state index >= 15 is 0 Å². The van der Waals surface area contributed by atoms with Crippen molar-refractivity contribution in [2.75, 3.05) is 19.6 Å². The summed E-state index contributed by atoms with van der Waals surface area (Å²) in [6.07, 6.45) is 3.18. The van der Waals surface area contributed by atoms with Gasteiger partial charge in [0.1, 0.15) is 5.60 Å². The van der Waals surface area contributed by atoms with Crippen molar-refractivity contribution >= 4 is 6.09 Å². The molecule has 0 aromatic rings. The van der Waals surface area contributed by atoms with Crippen LogP contribution in [0, 0.1) is 11.3 Å². The molecule has 1 aliphatic rings. The summed E-state index contributed by atoms with van der Waals surface area (Å²) in [5, 5.41) is 3.71. The summed E-state index contributed by atoms with van der Waals surface area (Å²) in [6.45, 7) is 17.3. The molecule has 0 aromatic heterocycles. The Labute approximate surface area is 137 Å². The molecule has 22 heavy (non-hydrogen) atoms. The van der Waals surface area contributed by atoms with Crippen molar-refractivity contribution in [1.29, 1.82) is 0 Å². The van der Waals surface area contributed by atoms with Gasteiger partial charge in [0, 0.05) is 25.7 Å². The van der Waals surface area contributed by atoms with E-state index in [1.54, 1.807) is 0 Å². The van der Waals surface area contributed by atoms with Gasteiger partial charge in [-0.05, 0) is 51.4 Å². The topological polar surface area (TPSA) is 41.6 Å². The fourth-order valence-electron chi connectivity index (χ4n) is 3.17. The molecule has 4 heteroatoms. The normalized spacial score (nSPS) is 24.5. The van der Waals surface area contributed by atoms with Gasteiger partial charge < -0.3 is 15.0 Å². The third-order valence-corrected chi connectivity index (χ3v) is 4.47. The molecule has 1 fully saturated rings. The third-order valence-electron chi connectivity index (χ3n) is 4.47. The van der Waals surface area contributed by atoms with Crippen LogP contribution in [0.25, 0.3) is 0 Å². The second kappa shape index (κ2) is 7.67. The Morgan fingerprint density at radius 3 is 2.50 bits per heavy atom. The quantitative estimate of drug-likeness (QED) is 0.832. The van der Waals surface area contributed by atoms with Gasteiger partial charge in [0.2, 0.25) is 0 Å². The average molecular weight is 312 g/mol. The van der Waals surface area contributed by atoms with Crippen molar-refractivity contribution in [1.82, 2.24) is 10.2 Å². The molecule has 0 aromatic carbocycles. The van der Waals surface area contributed by atoms with Gasteiger partial charge in [-0.3, -0.25) is 0 Å². The number of hydrogen-bond donors (Lipinski definition) is 1. The molecule has 1 rings (SSSR count). The van der Waals surface area contributed by atoms with Crippen LogP contribution in [0.3, 0.4) is 0 Å². The molecule has 0 radical (unpaired) electrons. The van der Waals surface area contributed by atoms with Gasteiger partial charge in [-0.25, -0.2) is 4.79 Å². The first-order valence-corrected chi connectivity index (χ1v) is 8.77. The van der Waals surface area contributed by atoms with Crippen molar-refractivity contribution in [2.24, 2.45) is 11.3 Å². The van der Waals surface area contributed by atoms with Crippen molar-refractivity contribution in [2.45, 2.75) is 79.4 Å². The third kappa shape index (κ3) is 6.15. The zero-order chi connectivity index (χ0) is 17.0. The number of nitrogens with one attached hydrogen (secondary N) is 1. The largest absolute Gasteiger partial charge is 0.444 e. The molecule has 0 saturated carbocycles. The summed E-state index contributed by atoms with van der Waals surface area (Å²) in [5.41, 5.74) is -0.286. The highest BCUT2D eigenvalue weighted by molar-refractivity contribution is 5.68. The maximum absolute atomic E-state index is 12.3. The minimum Gasteiger partial charge on any atom is -0.444 e. The van der Waals surface area contributed by atoms with E-state index in [2.05, 4.69) is 33.0 Å². The van der Waals surface area contributed by atoms with Crippen LogP contribution in [0.1, 0.15) is 67.7 Å². The van der Waals surface area contributed by atoms with Crippen molar-refractivity contribution < 1.29 is 9.53 Å². The molecule has 0 spiro atoms. The number of hydrogen-bond acceptors (Lipinski definition) is 3. The predicted molar refractivity (Wildman–Crippen MR) is 92.1 cm³/mol. The SMILES string of the molecule is CCC(NCC1(C)CCCN(C(=O)OC(C)(C)C)C1)C(C)C. The van der Waals surface area contributed by atoms with E-state index in [1.165, 1.54) is 0 Å². The molecular weight excluding hydrogens is 276 g/mol. The minimum atomic E-state index is -0.422. The zero-order valence-electron chi connectivity index (χ0n) is 15.7. The lowest BCUT2D eigenvalue weighted by Crippen LogP contribution is -2.51. The standard InChI is InChI=1S/C18H36N2O2/c1-8-15(14(2)3)19-12-18(7)10-9-11-20(13-18)16(21)22-17(4,5)6/h14-15,19H,8-13H2,1-7H3. The first-order chi connectivity index (χ1) is 10.1. The number of rotatable bonds is 5. The Balaban J connectivity index is 2.58. The second-order valence-electron chi connectivity index (χ2n) is 8.46. The van der Waals surface area contributed by atoms with E-state index in [1.807, 2.05) is 25.7 Å². The lowest BCUT2D eigenvalue weighted by Gasteiger charge is -2.42. The number of likely N-dealkylation sites (tertiary alicyclic amines) is 1. The van der Waals surface area contributed by atoms with Crippen LogP contribution in [-0.2, 0) is 4.74 Å². The number of amides is 1. The Hall–Kier alpha value is -0.770. The van der Waals surface area contributed by atoms with E-state index in [0.717, 1.165) is 38.9 Å². The summed E-state index contributed by atoms with van der Waals surface area (Å²) in [7, 11) is 0. The molecule has 1 saturated heterocycles. The van der Waals surface area contributed by atoms with E-state index in [4.69, 9.17) is 4.74 Å². The zero-order valence-corrected chi connectivity index (χ0v) is 15.7. The molecule has 1 N–H and O–H groups in total. The van der Waals surface area contributed by atoms with Gasteiger partial charge in [0.15, 0.2) is 0 Å². The Morgan fingerprint density at radius 2 is 2.00 bits per heavy atom. The summed E-state index contributed by atoms with van der Waals surface area (Å²) >= 11 is 0. The van der Waals surface area contributed by atoms with Crippen LogP contribution in [0.4, 0.5) is 4.79 Å². The predicted octanol–water partition coefficient (Wildman–Crippen LogP) is 4.05. The van der Waals surface area contributed by atoms with Gasteiger partial charge in [-0.2, -0.15) is 0 Å². The second-order valence-corrected chi connectivity index (χ2v) is 8.46. The molecule has 130 valence electrons. The van der Waals surface area contributed by atoms with Gasteiger partial charge in [0.25, 0.3) is 0 Å². The van der Waals surface area contributed by atoms with Crippen molar-refractivity contribution in [3.8, 4) is 0 Å². The number of ether oxygens (including phenoxy) is 1. The number of carbonyl (C=O) groups is 1. The number of nitrogens with zero attached hydrogens (tertiary/aromatic N) is 1. The Morgan fingerprint density at radius 1 is 1.36 bits per heavy atom. The van der Waals surface area contributed by atoms with Gasteiger partial charge >= 0.3 is 6.09 Å². The molecule has 0 aliphatic carbocycles. The minimum absolute atomic E-state index is 0.136. The smallest absolute Gasteiger partial charge is 0.410 e. The van der Waals surface area contributed by atoms with Crippen LogP contribution in [0.15, 0.2) is 0 Å². The van der Waals surface area contributed by atoms with E-state index in [-0.39, 0.29) is 11.5 Å². The lowest BCUT2D eigenvalue weighted by atomic mass is 9.81. The summed E-state index contributed by atoms with van der Waals surface area (Å²) in [5.74, 6) is 0.638. The number of carbonyl (C=O) groups excluding carboxylic acids is 1. The number of piperidine rings is 1. The lowest BCUT2D eigenvalue weighted by molar-refractivity contribution is 0.00625. The maximum Gasteiger partial charge on any atom is 0.410 e. The first-order valence-electron chi connectivity index (χ1n) is 8.77. The molecule has 0 bridgehead atoms. The monoisotopic (exact) mass is 312 g/mol. The van der Waals surface area contributed by atoms with Crippen molar-refractivity contribution in [3.63, 3.8) is 0 Å². The van der Waals surface area contributed by atoms with E-state index in [9.17, 15) is 4.79 Å². The highest BCUT2D eigenvalue weighted by Crippen LogP contribution is 2.30. The average Bonchev–Trinajstić information content (AvgIpc) is 2.37. The molecule has 2 atom stereocenters. The van der Waals surface area contributed by atoms with Gasteiger partial charge in [-0.1, -0.05) is 27.7 Å². The summed E-state index contributed by atoms with van der Waals surface area (Å²) in [4.78, 5) is 14.2. The van der Waals surface area contributed by atoms with Crippen molar-refractivity contribution in [3.05, 3.63) is 0 Å². The van der Waals surface area contributed by atoms with Crippen LogP contribution >= 0.6 is 0 Å². The highest BCUT2D eigenvalue weighted by Gasteiger charge is 2.35.